The maximum absolute atomic E-state index is 4.82. The van der Waals surface area contributed by atoms with Crippen molar-refractivity contribution in [2.24, 2.45) is 7.05 Å². The molecule has 0 atom stereocenters. The summed E-state index contributed by atoms with van der Waals surface area (Å²) in [4.78, 5) is 4.82. The summed E-state index contributed by atoms with van der Waals surface area (Å²) >= 11 is 0. The molecule has 4 rings (SSSR count). The van der Waals surface area contributed by atoms with Crippen LogP contribution in [0.3, 0.4) is 0 Å². The Hall–Kier alpha value is -3.20. The zero-order valence-corrected chi connectivity index (χ0v) is 15.3. The Morgan fingerprint density at radius 2 is 1.69 bits per heavy atom. The Morgan fingerprint density at radius 3 is 2.38 bits per heavy atom. The number of pyridine rings is 1. The van der Waals surface area contributed by atoms with Gasteiger partial charge < -0.3 is 0 Å². The van der Waals surface area contributed by atoms with Gasteiger partial charge in [-0.15, -0.1) is 9.36 Å². The number of aromatic nitrogens is 3. The van der Waals surface area contributed by atoms with Crippen LogP contribution >= 0.6 is 0 Å². The summed E-state index contributed by atoms with van der Waals surface area (Å²) in [5.41, 5.74) is 8.17. The molecule has 2 heterocycles. The van der Waals surface area contributed by atoms with E-state index in [-0.39, 0.29) is 0 Å². The fourth-order valence-corrected chi connectivity index (χ4v) is 3.46. The maximum Gasteiger partial charge on any atom is 0.195 e. The summed E-state index contributed by atoms with van der Waals surface area (Å²) in [6.07, 6.45) is 6.04. The maximum atomic E-state index is 4.82. The second-order valence-corrected chi connectivity index (χ2v) is 6.63. The first-order chi connectivity index (χ1) is 12.6. The van der Waals surface area contributed by atoms with Crippen LogP contribution in [0.25, 0.3) is 28.1 Å². The molecule has 0 aliphatic heterocycles. The Morgan fingerprint density at radius 1 is 0.885 bits per heavy atom. The second-order valence-electron chi connectivity index (χ2n) is 6.63. The van der Waals surface area contributed by atoms with E-state index >= 15 is 0 Å². The van der Waals surface area contributed by atoms with Crippen LogP contribution in [0.4, 0.5) is 0 Å². The lowest BCUT2D eigenvalue weighted by atomic mass is 9.93. The highest BCUT2D eigenvalue weighted by Gasteiger charge is 2.15. The SMILES string of the molecule is Cc1cc(-c2c(C)cccc2-c2ccccc2)ncc1-n1ccc[n+]1C. The van der Waals surface area contributed by atoms with E-state index < -0.39 is 0 Å². The quantitative estimate of drug-likeness (QED) is 0.498. The molecule has 0 bridgehead atoms. The van der Waals surface area contributed by atoms with E-state index in [2.05, 4.69) is 67.1 Å². The van der Waals surface area contributed by atoms with Crippen molar-refractivity contribution in [2.45, 2.75) is 13.8 Å². The molecule has 0 aliphatic rings. The minimum Gasteiger partial charge on any atom is -0.254 e. The Labute approximate surface area is 154 Å². The number of hydrogen-bond acceptors (Lipinski definition) is 1. The lowest BCUT2D eigenvalue weighted by Gasteiger charge is -2.14. The van der Waals surface area contributed by atoms with E-state index in [0.717, 1.165) is 11.4 Å². The van der Waals surface area contributed by atoms with Crippen LogP contribution in [-0.2, 0) is 7.05 Å². The van der Waals surface area contributed by atoms with Crippen molar-refractivity contribution in [2.75, 3.05) is 0 Å². The van der Waals surface area contributed by atoms with Gasteiger partial charge in [0.25, 0.3) is 0 Å². The largest absolute Gasteiger partial charge is 0.254 e. The fraction of sp³-hybridized carbons (Fsp3) is 0.130. The molecule has 0 saturated heterocycles. The van der Waals surface area contributed by atoms with Crippen molar-refractivity contribution < 1.29 is 4.68 Å². The molecule has 0 saturated carbocycles. The molecule has 0 unspecified atom stereocenters. The van der Waals surface area contributed by atoms with Crippen LogP contribution in [0.15, 0.2) is 79.3 Å². The van der Waals surface area contributed by atoms with Gasteiger partial charge in [-0.1, -0.05) is 48.5 Å². The van der Waals surface area contributed by atoms with Crippen molar-refractivity contribution in [1.82, 2.24) is 9.67 Å². The topological polar surface area (TPSA) is 21.7 Å². The first-order valence-corrected chi connectivity index (χ1v) is 8.81. The van der Waals surface area contributed by atoms with E-state index in [1.807, 2.05) is 42.5 Å². The summed E-state index contributed by atoms with van der Waals surface area (Å²) in [5.74, 6) is 0. The van der Waals surface area contributed by atoms with Crippen LogP contribution in [0.1, 0.15) is 11.1 Å². The highest BCUT2D eigenvalue weighted by molar-refractivity contribution is 5.84. The second kappa shape index (κ2) is 6.60. The van der Waals surface area contributed by atoms with Crippen LogP contribution in [0, 0.1) is 13.8 Å². The smallest absolute Gasteiger partial charge is 0.195 e. The van der Waals surface area contributed by atoms with Crippen molar-refractivity contribution in [1.29, 1.82) is 0 Å². The molecule has 4 aromatic rings. The average Bonchev–Trinajstić information content (AvgIpc) is 3.08. The molecule has 128 valence electrons. The van der Waals surface area contributed by atoms with Gasteiger partial charge in [-0.3, -0.25) is 4.98 Å². The highest BCUT2D eigenvalue weighted by atomic mass is 15.4. The van der Waals surface area contributed by atoms with Gasteiger partial charge in [0.05, 0.1) is 18.1 Å². The minimum absolute atomic E-state index is 1.01. The molecular formula is C23H22N3+. The van der Waals surface area contributed by atoms with Gasteiger partial charge in [-0.05, 0) is 42.2 Å². The van der Waals surface area contributed by atoms with Crippen molar-refractivity contribution >= 4 is 0 Å². The number of benzene rings is 2. The molecule has 3 nitrogen and oxygen atoms in total. The van der Waals surface area contributed by atoms with Gasteiger partial charge >= 0.3 is 0 Å². The van der Waals surface area contributed by atoms with Crippen LogP contribution in [0.5, 0.6) is 0 Å². The summed E-state index contributed by atoms with van der Waals surface area (Å²) in [6.45, 7) is 4.29. The molecule has 0 N–H and O–H groups in total. The van der Waals surface area contributed by atoms with E-state index in [1.165, 1.54) is 27.8 Å². The molecule has 2 aromatic heterocycles. The number of aryl methyl sites for hydroxylation is 3. The van der Waals surface area contributed by atoms with Gasteiger partial charge in [-0.2, -0.15) is 0 Å². The third-order valence-electron chi connectivity index (χ3n) is 4.81. The number of rotatable bonds is 3. The highest BCUT2D eigenvalue weighted by Crippen LogP contribution is 2.34. The molecular weight excluding hydrogens is 318 g/mol. The van der Waals surface area contributed by atoms with E-state index in [1.54, 1.807) is 0 Å². The Bertz CT molecular complexity index is 1060. The summed E-state index contributed by atoms with van der Waals surface area (Å²) < 4.78 is 4.15. The van der Waals surface area contributed by atoms with Crippen molar-refractivity contribution in [3.8, 4) is 28.1 Å². The van der Waals surface area contributed by atoms with Gasteiger partial charge in [0, 0.05) is 11.6 Å². The number of hydrogen-bond donors (Lipinski definition) is 0. The van der Waals surface area contributed by atoms with Crippen molar-refractivity contribution in [3.63, 3.8) is 0 Å². The van der Waals surface area contributed by atoms with Crippen LogP contribution < -0.4 is 4.68 Å². The molecule has 3 heteroatoms. The third-order valence-corrected chi connectivity index (χ3v) is 4.81. The first-order valence-electron chi connectivity index (χ1n) is 8.81. The molecule has 0 fully saturated rings. The summed E-state index contributed by atoms with van der Waals surface area (Å²) in [5, 5.41) is 0. The number of nitrogens with zero attached hydrogens (tertiary/aromatic N) is 3. The van der Waals surface area contributed by atoms with Gasteiger partial charge in [0.15, 0.2) is 13.2 Å². The molecule has 0 spiro atoms. The first kappa shape index (κ1) is 16.3. The lowest BCUT2D eigenvalue weighted by molar-refractivity contribution is -0.744. The average molecular weight is 340 g/mol. The molecule has 2 aromatic carbocycles. The van der Waals surface area contributed by atoms with Crippen LogP contribution in [0.2, 0.25) is 0 Å². The molecule has 26 heavy (non-hydrogen) atoms. The van der Waals surface area contributed by atoms with Gasteiger partial charge in [-0.25, -0.2) is 0 Å². The normalized spacial score (nSPS) is 10.9. The minimum atomic E-state index is 1.01. The predicted octanol–water partition coefficient (Wildman–Crippen LogP) is 4.65. The Balaban J connectivity index is 1.87. The molecule has 0 amide bonds. The van der Waals surface area contributed by atoms with Crippen molar-refractivity contribution in [3.05, 3.63) is 90.4 Å². The summed E-state index contributed by atoms with van der Waals surface area (Å²) in [7, 11) is 2.03. The molecule has 0 radical (unpaired) electrons. The lowest BCUT2D eigenvalue weighted by Crippen LogP contribution is -2.37. The van der Waals surface area contributed by atoms with E-state index in [9.17, 15) is 0 Å². The molecule has 0 aliphatic carbocycles. The standard InChI is InChI=1S/C23H22N3/c1-17-9-7-12-20(19-10-5-4-6-11-19)23(17)21-15-18(2)22(16-24-21)26-14-8-13-25(26)3/h4-16H,1-3H3/q+1. The van der Waals surface area contributed by atoms with E-state index in [0.29, 0.717) is 0 Å². The summed E-state index contributed by atoms with van der Waals surface area (Å²) in [6, 6.07) is 21.2. The van der Waals surface area contributed by atoms with Gasteiger partial charge in [0.1, 0.15) is 5.69 Å². The zero-order valence-electron chi connectivity index (χ0n) is 15.3. The third kappa shape index (κ3) is 2.82. The monoisotopic (exact) mass is 340 g/mol. The van der Waals surface area contributed by atoms with Gasteiger partial charge in [0.2, 0.25) is 0 Å². The zero-order chi connectivity index (χ0) is 18.1. The fourth-order valence-electron chi connectivity index (χ4n) is 3.46. The Kier molecular flexibility index (Phi) is 4.13. The van der Waals surface area contributed by atoms with Crippen LogP contribution in [-0.4, -0.2) is 9.67 Å². The predicted molar refractivity (Wildman–Crippen MR) is 105 cm³/mol. The van der Waals surface area contributed by atoms with E-state index in [4.69, 9.17) is 4.98 Å².